The van der Waals surface area contributed by atoms with Crippen molar-refractivity contribution in [3.63, 3.8) is 0 Å². The number of carbonyl (C=O) groups is 2. The number of benzene rings is 2. The Morgan fingerprint density at radius 2 is 1.41 bits per heavy atom. The lowest BCUT2D eigenvalue weighted by molar-refractivity contribution is -0.122. The zero-order valence-corrected chi connectivity index (χ0v) is 17.0. The minimum absolute atomic E-state index is 0.0306. The minimum Gasteiger partial charge on any atom is -0.274 e. The molecule has 1 heterocycles. The number of halogens is 1. The Hall–Kier alpha value is -2.21. The molecule has 27 heavy (non-hydrogen) atoms. The van der Waals surface area contributed by atoms with Gasteiger partial charge in [0.1, 0.15) is 0 Å². The molecule has 2 bridgehead atoms. The summed E-state index contributed by atoms with van der Waals surface area (Å²) in [6.45, 7) is 2.12. The fourth-order valence-corrected chi connectivity index (χ4v) is 5.62. The summed E-state index contributed by atoms with van der Waals surface area (Å²) in [6, 6.07) is 17.8. The standard InChI is InChI=1S/C23H18INO2/c1-13(14-7-3-2-4-8-14)19-15-11-12-16(19)21-20(15)22(26)25(23(21)27)18-10-6-5-9-17(18)24/h2-12,15-16,20-21H,1H3/t15-,16-,20-,21-/m1/s1. The second-order valence-electron chi connectivity index (χ2n) is 7.40. The molecular weight excluding hydrogens is 449 g/mol. The molecule has 134 valence electrons. The van der Waals surface area contributed by atoms with Crippen molar-refractivity contribution in [2.75, 3.05) is 4.90 Å². The van der Waals surface area contributed by atoms with Crippen molar-refractivity contribution in [2.24, 2.45) is 23.7 Å². The van der Waals surface area contributed by atoms with E-state index in [-0.39, 0.29) is 35.5 Å². The van der Waals surface area contributed by atoms with E-state index in [1.165, 1.54) is 21.6 Å². The van der Waals surface area contributed by atoms with E-state index in [4.69, 9.17) is 0 Å². The highest BCUT2D eigenvalue weighted by molar-refractivity contribution is 14.1. The first-order chi connectivity index (χ1) is 13.1. The van der Waals surface area contributed by atoms with Crippen LogP contribution in [0.4, 0.5) is 5.69 Å². The van der Waals surface area contributed by atoms with Crippen LogP contribution < -0.4 is 4.90 Å². The SMILES string of the molecule is CC(=C1[C@H]2C=C[C@H]1[C@H]1C(=O)N(c3ccccc3I)C(=O)[C@@H]12)c1ccccc1. The first-order valence-corrected chi connectivity index (χ1v) is 10.2. The average Bonchev–Trinajstić information content (AvgIpc) is 3.33. The maximum absolute atomic E-state index is 13.3. The van der Waals surface area contributed by atoms with Gasteiger partial charge in [-0.15, -0.1) is 0 Å². The van der Waals surface area contributed by atoms with E-state index in [9.17, 15) is 9.59 Å². The van der Waals surface area contributed by atoms with Crippen LogP contribution in [0.25, 0.3) is 5.57 Å². The van der Waals surface area contributed by atoms with E-state index >= 15 is 0 Å². The van der Waals surface area contributed by atoms with Crippen molar-refractivity contribution in [3.05, 3.63) is 81.5 Å². The molecule has 0 spiro atoms. The van der Waals surface area contributed by atoms with Crippen LogP contribution >= 0.6 is 22.6 Å². The number of amides is 2. The quantitative estimate of drug-likeness (QED) is 0.365. The van der Waals surface area contributed by atoms with Gasteiger partial charge in [-0.3, -0.25) is 9.59 Å². The van der Waals surface area contributed by atoms with E-state index < -0.39 is 0 Å². The van der Waals surface area contributed by atoms with Crippen molar-refractivity contribution in [2.45, 2.75) is 6.92 Å². The summed E-state index contributed by atoms with van der Waals surface area (Å²) in [5.41, 5.74) is 4.33. The van der Waals surface area contributed by atoms with Gasteiger partial charge in [-0.2, -0.15) is 0 Å². The van der Waals surface area contributed by atoms with Crippen molar-refractivity contribution in [3.8, 4) is 0 Å². The van der Waals surface area contributed by atoms with Crippen LogP contribution in [0.5, 0.6) is 0 Å². The van der Waals surface area contributed by atoms with Crippen molar-refractivity contribution >= 4 is 45.7 Å². The lowest BCUT2D eigenvalue weighted by Gasteiger charge is -2.21. The van der Waals surface area contributed by atoms with Gasteiger partial charge in [0.15, 0.2) is 0 Å². The number of rotatable bonds is 2. The Bertz CT molecular complexity index is 990. The molecule has 2 aliphatic carbocycles. The van der Waals surface area contributed by atoms with Gasteiger partial charge in [-0.1, -0.05) is 60.2 Å². The molecule has 3 nitrogen and oxygen atoms in total. The summed E-state index contributed by atoms with van der Waals surface area (Å²) in [5.74, 6) is -0.575. The second-order valence-corrected chi connectivity index (χ2v) is 8.56. The zero-order chi connectivity index (χ0) is 18.7. The molecule has 1 saturated heterocycles. The molecule has 3 aliphatic rings. The van der Waals surface area contributed by atoms with Crippen molar-refractivity contribution < 1.29 is 9.59 Å². The van der Waals surface area contributed by atoms with E-state index in [0.717, 1.165) is 3.57 Å². The first kappa shape index (κ1) is 16.9. The number of nitrogens with zero attached hydrogens (tertiary/aromatic N) is 1. The summed E-state index contributed by atoms with van der Waals surface area (Å²) in [5, 5.41) is 0. The Balaban J connectivity index is 1.58. The summed E-state index contributed by atoms with van der Waals surface area (Å²) >= 11 is 2.19. The second kappa shape index (κ2) is 6.16. The highest BCUT2D eigenvalue weighted by atomic mass is 127. The highest BCUT2D eigenvalue weighted by Crippen LogP contribution is 2.58. The number of carbonyl (C=O) groups excluding carboxylic acids is 2. The molecule has 2 fully saturated rings. The molecule has 0 radical (unpaired) electrons. The van der Waals surface area contributed by atoms with Crippen molar-refractivity contribution in [1.82, 2.24) is 0 Å². The maximum Gasteiger partial charge on any atom is 0.238 e. The third kappa shape index (κ3) is 2.32. The minimum atomic E-state index is -0.267. The van der Waals surface area contributed by atoms with E-state index in [1.54, 1.807) is 0 Å². The van der Waals surface area contributed by atoms with Gasteiger partial charge < -0.3 is 0 Å². The smallest absolute Gasteiger partial charge is 0.238 e. The molecule has 4 heteroatoms. The average molecular weight is 467 g/mol. The van der Waals surface area contributed by atoms with Gasteiger partial charge in [0.25, 0.3) is 0 Å². The van der Waals surface area contributed by atoms with Crippen LogP contribution in [0.3, 0.4) is 0 Å². The number of hydrogen-bond donors (Lipinski definition) is 0. The number of anilines is 1. The molecule has 0 aromatic heterocycles. The van der Waals surface area contributed by atoms with Crippen LogP contribution in [-0.4, -0.2) is 11.8 Å². The van der Waals surface area contributed by atoms with Crippen LogP contribution in [0, 0.1) is 27.2 Å². The zero-order valence-electron chi connectivity index (χ0n) is 14.8. The molecule has 1 aliphatic heterocycles. The van der Waals surface area contributed by atoms with Gasteiger partial charge in [0.05, 0.1) is 17.5 Å². The van der Waals surface area contributed by atoms with Gasteiger partial charge in [0.2, 0.25) is 11.8 Å². The number of fused-ring (bicyclic) bond motifs is 5. The maximum atomic E-state index is 13.3. The fourth-order valence-electron chi connectivity index (χ4n) is 4.99. The Morgan fingerprint density at radius 3 is 2.00 bits per heavy atom. The molecule has 0 N–H and O–H groups in total. The highest BCUT2D eigenvalue weighted by Gasteiger charge is 2.62. The Kier molecular flexibility index (Phi) is 3.86. The predicted molar refractivity (Wildman–Crippen MR) is 114 cm³/mol. The molecule has 4 atom stereocenters. The molecule has 2 amide bonds. The van der Waals surface area contributed by atoms with Crippen LogP contribution in [0.1, 0.15) is 12.5 Å². The summed E-state index contributed by atoms with van der Waals surface area (Å²) < 4.78 is 0.924. The largest absolute Gasteiger partial charge is 0.274 e. The van der Waals surface area contributed by atoms with Gasteiger partial charge in [0, 0.05) is 15.4 Å². The molecule has 2 aromatic carbocycles. The predicted octanol–water partition coefficient (Wildman–Crippen LogP) is 4.69. The van der Waals surface area contributed by atoms with Crippen LogP contribution in [0.2, 0.25) is 0 Å². The molecular formula is C23H18INO2. The molecule has 1 saturated carbocycles. The first-order valence-electron chi connectivity index (χ1n) is 9.16. The third-order valence-electron chi connectivity index (χ3n) is 6.15. The van der Waals surface area contributed by atoms with Gasteiger partial charge >= 0.3 is 0 Å². The number of para-hydroxylation sites is 1. The third-order valence-corrected chi connectivity index (χ3v) is 7.06. The van der Waals surface area contributed by atoms with Crippen molar-refractivity contribution in [1.29, 1.82) is 0 Å². The van der Waals surface area contributed by atoms with E-state index in [0.29, 0.717) is 5.69 Å². The fraction of sp³-hybridized carbons (Fsp3) is 0.217. The lowest BCUT2D eigenvalue weighted by atomic mass is 9.85. The summed E-state index contributed by atoms with van der Waals surface area (Å²) in [4.78, 5) is 28.0. The van der Waals surface area contributed by atoms with Crippen LogP contribution in [-0.2, 0) is 9.59 Å². The number of hydrogen-bond acceptors (Lipinski definition) is 2. The van der Waals surface area contributed by atoms with Crippen LogP contribution in [0.15, 0.2) is 72.3 Å². The summed E-state index contributed by atoms with van der Waals surface area (Å²) in [7, 11) is 0. The Morgan fingerprint density at radius 1 is 0.852 bits per heavy atom. The molecule has 0 unspecified atom stereocenters. The Labute approximate surface area is 171 Å². The van der Waals surface area contributed by atoms with Gasteiger partial charge in [-0.25, -0.2) is 4.90 Å². The topological polar surface area (TPSA) is 37.4 Å². The molecule has 5 rings (SSSR count). The summed E-state index contributed by atoms with van der Waals surface area (Å²) in [6.07, 6.45) is 4.27. The lowest BCUT2D eigenvalue weighted by Crippen LogP contribution is -2.33. The monoisotopic (exact) mass is 467 g/mol. The molecule has 2 aromatic rings. The number of allylic oxidation sites excluding steroid dienone is 4. The van der Waals surface area contributed by atoms with E-state index in [2.05, 4.69) is 53.8 Å². The van der Waals surface area contributed by atoms with E-state index in [1.807, 2.05) is 42.5 Å². The normalized spacial score (nSPS) is 28.2. The number of imide groups is 1. The van der Waals surface area contributed by atoms with Gasteiger partial charge in [-0.05, 0) is 52.8 Å².